The number of ether oxygens (including phenoxy) is 2. The fourth-order valence-electron chi connectivity index (χ4n) is 3.93. The topological polar surface area (TPSA) is 138 Å². The van der Waals surface area contributed by atoms with Gasteiger partial charge in [0.25, 0.3) is 11.7 Å². The van der Waals surface area contributed by atoms with Crippen LogP contribution in [0.2, 0.25) is 0 Å². The fourth-order valence-corrected chi connectivity index (χ4v) is 3.93. The van der Waals surface area contributed by atoms with Gasteiger partial charge in [-0.3, -0.25) is 4.79 Å². The first-order chi connectivity index (χ1) is 15.6. The highest BCUT2D eigenvalue weighted by molar-refractivity contribution is 5.97. The molecule has 0 saturated heterocycles. The van der Waals surface area contributed by atoms with E-state index in [-0.39, 0.29) is 23.2 Å². The number of carbonyl (C=O) groups excluding carboxylic acids is 3. The SMILES string of the molecule is COC(=O)c1ccc2c(c1C)CC[C@@H]2NC(=O)c1cc(C(=O)OC(C)(C)C)nc2nnnn12. The quantitative estimate of drug-likeness (QED) is 0.589. The van der Waals surface area contributed by atoms with Crippen LogP contribution in [0.15, 0.2) is 18.2 Å². The van der Waals surface area contributed by atoms with Gasteiger partial charge in [0.2, 0.25) is 0 Å². The van der Waals surface area contributed by atoms with Gasteiger partial charge in [-0.25, -0.2) is 14.6 Å². The zero-order valence-corrected chi connectivity index (χ0v) is 19.0. The molecule has 0 saturated carbocycles. The molecule has 1 aliphatic rings. The maximum absolute atomic E-state index is 13.2. The van der Waals surface area contributed by atoms with Crippen LogP contribution >= 0.6 is 0 Å². The van der Waals surface area contributed by atoms with Crippen molar-refractivity contribution in [1.29, 1.82) is 0 Å². The molecule has 0 radical (unpaired) electrons. The second-order valence-corrected chi connectivity index (χ2v) is 8.78. The molecule has 172 valence electrons. The largest absolute Gasteiger partial charge is 0.465 e. The van der Waals surface area contributed by atoms with Crippen molar-refractivity contribution in [2.75, 3.05) is 7.11 Å². The van der Waals surface area contributed by atoms with Crippen LogP contribution in [0.3, 0.4) is 0 Å². The molecule has 1 amide bonds. The average molecular weight is 452 g/mol. The van der Waals surface area contributed by atoms with Gasteiger partial charge in [0.05, 0.1) is 18.7 Å². The van der Waals surface area contributed by atoms with Crippen LogP contribution in [0.1, 0.15) is 81.3 Å². The summed E-state index contributed by atoms with van der Waals surface area (Å²) < 4.78 is 11.4. The van der Waals surface area contributed by atoms with Crippen LogP contribution < -0.4 is 5.32 Å². The predicted molar refractivity (Wildman–Crippen MR) is 115 cm³/mol. The number of methoxy groups -OCH3 is 1. The Bertz CT molecular complexity index is 1280. The minimum Gasteiger partial charge on any atom is -0.465 e. The Morgan fingerprint density at radius 2 is 1.94 bits per heavy atom. The number of esters is 2. The summed E-state index contributed by atoms with van der Waals surface area (Å²) in [5, 5.41) is 14.1. The summed E-state index contributed by atoms with van der Waals surface area (Å²) in [5.74, 6) is -1.53. The smallest absolute Gasteiger partial charge is 0.357 e. The number of carbonyl (C=O) groups is 3. The first-order valence-electron chi connectivity index (χ1n) is 10.4. The number of tetrazole rings is 1. The molecule has 1 aliphatic carbocycles. The number of benzene rings is 1. The summed E-state index contributed by atoms with van der Waals surface area (Å²) in [6.07, 6.45) is 1.37. The monoisotopic (exact) mass is 452 g/mol. The van der Waals surface area contributed by atoms with Gasteiger partial charge in [0.1, 0.15) is 11.3 Å². The Hall–Kier alpha value is -3.89. The molecular formula is C22H24N6O5. The van der Waals surface area contributed by atoms with E-state index in [0.29, 0.717) is 18.4 Å². The molecule has 11 heteroatoms. The summed E-state index contributed by atoms with van der Waals surface area (Å²) in [7, 11) is 1.35. The Morgan fingerprint density at radius 3 is 2.64 bits per heavy atom. The standard InChI is InChI=1S/C22H24N6O5/c1-11-12-8-9-15(14(12)7-6-13(11)19(30)32-5)23-18(29)17-10-16(20(31)33-22(2,3)4)24-21-25-26-27-28(17)21/h6-7,10,15H,8-9H2,1-5H3,(H,23,29)/t15-/m0/s1. The summed E-state index contributed by atoms with van der Waals surface area (Å²) >= 11 is 0. The van der Waals surface area contributed by atoms with Gasteiger partial charge in [-0.05, 0) is 73.7 Å². The van der Waals surface area contributed by atoms with Gasteiger partial charge >= 0.3 is 11.9 Å². The Balaban J connectivity index is 1.64. The van der Waals surface area contributed by atoms with E-state index in [1.165, 1.54) is 17.7 Å². The maximum atomic E-state index is 13.2. The first kappa shape index (κ1) is 22.3. The lowest BCUT2D eigenvalue weighted by atomic mass is 9.98. The molecule has 33 heavy (non-hydrogen) atoms. The number of rotatable bonds is 4. The molecule has 2 heterocycles. The van der Waals surface area contributed by atoms with E-state index in [1.807, 2.05) is 13.0 Å². The van der Waals surface area contributed by atoms with Crippen molar-refractivity contribution in [3.05, 3.63) is 51.8 Å². The van der Waals surface area contributed by atoms with Gasteiger partial charge in [-0.15, -0.1) is 0 Å². The van der Waals surface area contributed by atoms with E-state index in [4.69, 9.17) is 9.47 Å². The lowest BCUT2D eigenvalue weighted by Gasteiger charge is -2.19. The molecule has 3 aromatic rings. The summed E-state index contributed by atoms with van der Waals surface area (Å²) in [6, 6.07) is 4.57. The van der Waals surface area contributed by atoms with Crippen LogP contribution in [0.4, 0.5) is 0 Å². The Labute approximate surface area is 189 Å². The highest BCUT2D eigenvalue weighted by Crippen LogP contribution is 2.35. The second-order valence-electron chi connectivity index (χ2n) is 8.78. The molecule has 1 atom stereocenters. The third-order valence-corrected chi connectivity index (χ3v) is 5.42. The Morgan fingerprint density at radius 1 is 1.18 bits per heavy atom. The van der Waals surface area contributed by atoms with E-state index in [2.05, 4.69) is 25.8 Å². The number of aromatic nitrogens is 5. The van der Waals surface area contributed by atoms with Gasteiger partial charge in [-0.2, -0.15) is 4.52 Å². The number of hydrogen-bond acceptors (Lipinski definition) is 9. The van der Waals surface area contributed by atoms with E-state index in [1.54, 1.807) is 26.8 Å². The van der Waals surface area contributed by atoms with Crippen LogP contribution in [-0.4, -0.2) is 55.6 Å². The van der Waals surface area contributed by atoms with Crippen LogP contribution in [0.25, 0.3) is 5.78 Å². The molecule has 1 aromatic carbocycles. The summed E-state index contributed by atoms with van der Waals surface area (Å²) in [6.45, 7) is 7.08. The molecule has 1 N–H and O–H groups in total. The lowest BCUT2D eigenvalue weighted by Crippen LogP contribution is -2.30. The maximum Gasteiger partial charge on any atom is 0.357 e. The zero-order valence-electron chi connectivity index (χ0n) is 19.0. The number of amides is 1. The van der Waals surface area contributed by atoms with Crippen molar-refractivity contribution in [3.63, 3.8) is 0 Å². The minimum atomic E-state index is -0.728. The molecule has 2 aromatic heterocycles. The minimum absolute atomic E-state index is 0.00824. The first-order valence-corrected chi connectivity index (χ1v) is 10.4. The number of nitrogens with zero attached hydrogens (tertiary/aromatic N) is 5. The second kappa shape index (κ2) is 8.23. The predicted octanol–water partition coefficient (Wildman–Crippen LogP) is 1.99. The van der Waals surface area contributed by atoms with Crippen molar-refractivity contribution in [2.45, 2.75) is 52.2 Å². The number of hydrogen-bond donors (Lipinski definition) is 1. The molecule has 0 spiro atoms. The summed E-state index contributed by atoms with van der Waals surface area (Å²) in [4.78, 5) is 41.8. The third-order valence-electron chi connectivity index (χ3n) is 5.42. The third kappa shape index (κ3) is 4.26. The van der Waals surface area contributed by atoms with Gasteiger partial charge in [0, 0.05) is 6.07 Å². The van der Waals surface area contributed by atoms with Crippen molar-refractivity contribution >= 4 is 23.6 Å². The van der Waals surface area contributed by atoms with E-state index < -0.39 is 23.4 Å². The number of nitrogens with one attached hydrogen (secondary N) is 1. The molecule has 0 bridgehead atoms. The summed E-state index contributed by atoms with van der Waals surface area (Å²) in [5.41, 5.74) is 2.56. The Kier molecular flexibility index (Phi) is 5.56. The van der Waals surface area contributed by atoms with Crippen molar-refractivity contribution in [2.24, 2.45) is 0 Å². The van der Waals surface area contributed by atoms with Crippen molar-refractivity contribution in [3.8, 4) is 0 Å². The molecule has 0 aliphatic heterocycles. The van der Waals surface area contributed by atoms with Gasteiger partial charge in [0.15, 0.2) is 5.69 Å². The van der Waals surface area contributed by atoms with Gasteiger partial charge < -0.3 is 14.8 Å². The van der Waals surface area contributed by atoms with Crippen molar-refractivity contribution < 1.29 is 23.9 Å². The van der Waals surface area contributed by atoms with Crippen molar-refractivity contribution in [1.82, 2.24) is 30.3 Å². The lowest BCUT2D eigenvalue weighted by molar-refractivity contribution is 0.00626. The van der Waals surface area contributed by atoms with Crippen LogP contribution in [0, 0.1) is 6.92 Å². The fraction of sp³-hybridized carbons (Fsp3) is 0.409. The molecule has 4 rings (SSSR count). The van der Waals surface area contributed by atoms with Crippen LogP contribution in [0.5, 0.6) is 0 Å². The van der Waals surface area contributed by atoms with Gasteiger partial charge in [-0.1, -0.05) is 11.2 Å². The normalized spacial score (nSPS) is 15.2. The van der Waals surface area contributed by atoms with E-state index >= 15 is 0 Å². The number of fused-ring (bicyclic) bond motifs is 2. The average Bonchev–Trinajstić information content (AvgIpc) is 3.39. The van der Waals surface area contributed by atoms with E-state index in [9.17, 15) is 14.4 Å². The highest BCUT2D eigenvalue weighted by Gasteiger charge is 2.29. The highest BCUT2D eigenvalue weighted by atomic mass is 16.6. The molecule has 11 nitrogen and oxygen atoms in total. The zero-order chi connectivity index (χ0) is 23.9. The molecule has 0 fully saturated rings. The van der Waals surface area contributed by atoms with E-state index in [0.717, 1.165) is 16.7 Å². The van der Waals surface area contributed by atoms with Crippen LogP contribution in [-0.2, 0) is 15.9 Å². The molecular weight excluding hydrogens is 428 g/mol. The molecule has 0 unspecified atom stereocenters.